The fraction of sp³-hybridized carbons (Fsp3) is 0.154. The number of hydrogen-bond acceptors (Lipinski definition) is 4. The molecule has 1 aromatic carbocycles. The molecular weight excluding hydrogens is 292 g/mol. The zero-order valence-corrected chi connectivity index (χ0v) is 11.4. The van der Waals surface area contributed by atoms with Crippen LogP contribution in [-0.2, 0) is 6.54 Å². The van der Waals surface area contributed by atoms with Gasteiger partial charge in [0.15, 0.2) is 5.69 Å². The Hall–Kier alpha value is -1.93. The highest BCUT2D eigenvalue weighted by Gasteiger charge is 2.01. The lowest BCUT2D eigenvalue weighted by atomic mass is 10.1. The van der Waals surface area contributed by atoms with E-state index < -0.39 is 0 Å². The normalized spacial score (nSPS) is 9.83. The molecule has 0 unspecified atom stereocenters. The summed E-state index contributed by atoms with van der Waals surface area (Å²) in [7, 11) is 0. The van der Waals surface area contributed by atoms with E-state index in [4.69, 9.17) is 5.26 Å². The van der Waals surface area contributed by atoms with Crippen molar-refractivity contribution in [3.63, 3.8) is 0 Å². The molecule has 5 heteroatoms. The number of hydrogen-bond donors (Lipinski definition) is 1. The van der Waals surface area contributed by atoms with Crippen LogP contribution in [0.1, 0.15) is 16.8 Å². The molecule has 0 saturated heterocycles. The predicted molar refractivity (Wildman–Crippen MR) is 73.0 cm³/mol. The smallest absolute Gasteiger partial charge is 0.158 e. The third-order valence-electron chi connectivity index (χ3n) is 2.54. The molecule has 0 aliphatic rings. The topological polar surface area (TPSA) is 61.6 Å². The van der Waals surface area contributed by atoms with Crippen LogP contribution < -0.4 is 5.32 Å². The van der Waals surface area contributed by atoms with Gasteiger partial charge in [-0.25, -0.2) is 9.97 Å². The van der Waals surface area contributed by atoms with Gasteiger partial charge in [0.2, 0.25) is 0 Å². The maximum absolute atomic E-state index is 8.63. The summed E-state index contributed by atoms with van der Waals surface area (Å²) >= 11 is 3.45. The average molecular weight is 303 g/mol. The number of nitrogens with one attached hydrogen (secondary N) is 1. The molecule has 2 rings (SSSR count). The maximum Gasteiger partial charge on any atom is 0.158 e. The SMILES string of the molecule is Cc1ccc(Br)cc1CNc1cnc(C#N)cn1. The quantitative estimate of drug-likeness (QED) is 0.946. The van der Waals surface area contributed by atoms with Crippen molar-refractivity contribution in [1.82, 2.24) is 9.97 Å². The largest absolute Gasteiger partial charge is 0.365 e. The van der Waals surface area contributed by atoms with Gasteiger partial charge in [0.1, 0.15) is 11.9 Å². The van der Waals surface area contributed by atoms with E-state index >= 15 is 0 Å². The van der Waals surface area contributed by atoms with Crippen LogP contribution in [0, 0.1) is 18.3 Å². The van der Waals surface area contributed by atoms with Crippen molar-refractivity contribution in [1.29, 1.82) is 5.26 Å². The second-order valence-corrected chi connectivity index (χ2v) is 4.74. The summed E-state index contributed by atoms with van der Waals surface area (Å²) in [6, 6.07) is 8.08. The van der Waals surface area contributed by atoms with Gasteiger partial charge in [-0.3, -0.25) is 0 Å². The van der Waals surface area contributed by atoms with Crippen LogP contribution in [0.2, 0.25) is 0 Å². The minimum atomic E-state index is 0.319. The van der Waals surface area contributed by atoms with Gasteiger partial charge < -0.3 is 5.32 Å². The van der Waals surface area contributed by atoms with Gasteiger partial charge in [-0.1, -0.05) is 22.0 Å². The number of aryl methyl sites for hydroxylation is 1. The first kappa shape index (κ1) is 12.5. The van der Waals surface area contributed by atoms with Crippen LogP contribution in [0.15, 0.2) is 35.1 Å². The summed E-state index contributed by atoms with van der Waals surface area (Å²) in [5.74, 6) is 0.661. The number of benzene rings is 1. The molecule has 0 spiro atoms. The Morgan fingerprint density at radius 3 is 2.83 bits per heavy atom. The van der Waals surface area contributed by atoms with E-state index in [0.29, 0.717) is 18.1 Å². The summed E-state index contributed by atoms with van der Waals surface area (Å²) in [5.41, 5.74) is 2.72. The number of anilines is 1. The monoisotopic (exact) mass is 302 g/mol. The van der Waals surface area contributed by atoms with Crippen LogP contribution in [0.25, 0.3) is 0 Å². The lowest BCUT2D eigenvalue weighted by molar-refractivity contribution is 1.06. The van der Waals surface area contributed by atoms with Crippen molar-refractivity contribution in [2.75, 3.05) is 5.32 Å². The molecule has 0 fully saturated rings. The third kappa shape index (κ3) is 3.05. The van der Waals surface area contributed by atoms with E-state index in [1.54, 1.807) is 6.20 Å². The maximum atomic E-state index is 8.63. The molecule has 0 aliphatic carbocycles. The minimum absolute atomic E-state index is 0.319. The molecule has 0 aliphatic heterocycles. The van der Waals surface area contributed by atoms with Gasteiger partial charge in [0, 0.05) is 11.0 Å². The number of nitrogens with zero attached hydrogens (tertiary/aromatic N) is 3. The predicted octanol–water partition coefficient (Wildman–Crippen LogP) is 3.03. The molecule has 90 valence electrons. The second kappa shape index (κ2) is 5.61. The van der Waals surface area contributed by atoms with Crippen molar-refractivity contribution < 1.29 is 0 Å². The van der Waals surface area contributed by atoms with Gasteiger partial charge >= 0.3 is 0 Å². The zero-order chi connectivity index (χ0) is 13.0. The van der Waals surface area contributed by atoms with E-state index in [-0.39, 0.29) is 0 Å². The molecule has 0 amide bonds. The number of nitriles is 1. The van der Waals surface area contributed by atoms with Gasteiger partial charge in [-0.2, -0.15) is 5.26 Å². The molecule has 1 aromatic heterocycles. The number of halogens is 1. The lowest BCUT2D eigenvalue weighted by Gasteiger charge is -2.08. The molecule has 18 heavy (non-hydrogen) atoms. The Morgan fingerprint density at radius 2 is 2.17 bits per heavy atom. The molecule has 2 aromatic rings. The van der Waals surface area contributed by atoms with Crippen LogP contribution in [0.5, 0.6) is 0 Å². The minimum Gasteiger partial charge on any atom is -0.365 e. The van der Waals surface area contributed by atoms with Crippen molar-refractivity contribution in [2.45, 2.75) is 13.5 Å². The molecule has 0 bridgehead atoms. The van der Waals surface area contributed by atoms with E-state index in [2.05, 4.69) is 50.3 Å². The van der Waals surface area contributed by atoms with E-state index in [0.717, 1.165) is 4.47 Å². The highest BCUT2D eigenvalue weighted by atomic mass is 79.9. The van der Waals surface area contributed by atoms with E-state index in [9.17, 15) is 0 Å². The van der Waals surface area contributed by atoms with E-state index in [1.165, 1.54) is 17.3 Å². The number of aromatic nitrogens is 2. The Kier molecular flexibility index (Phi) is 3.90. The van der Waals surface area contributed by atoms with Crippen molar-refractivity contribution in [3.8, 4) is 6.07 Å². The molecule has 0 radical (unpaired) electrons. The summed E-state index contributed by atoms with van der Waals surface area (Å²) in [5, 5.41) is 11.8. The lowest BCUT2D eigenvalue weighted by Crippen LogP contribution is -2.03. The van der Waals surface area contributed by atoms with Crippen LogP contribution >= 0.6 is 15.9 Å². The summed E-state index contributed by atoms with van der Waals surface area (Å²) in [4.78, 5) is 8.06. The van der Waals surface area contributed by atoms with Gasteiger partial charge in [-0.15, -0.1) is 0 Å². The first-order valence-electron chi connectivity index (χ1n) is 5.40. The molecule has 1 heterocycles. The van der Waals surface area contributed by atoms with Crippen LogP contribution in [0.4, 0.5) is 5.82 Å². The van der Waals surface area contributed by atoms with E-state index in [1.807, 2.05) is 12.1 Å². The third-order valence-corrected chi connectivity index (χ3v) is 3.03. The highest BCUT2D eigenvalue weighted by Crippen LogP contribution is 2.17. The first-order valence-corrected chi connectivity index (χ1v) is 6.19. The van der Waals surface area contributed by atoms with Crippen molar-refractivity contribution in [2.24, 2.45) is 0 Å². The fourth-order valence-electron chi connectivity index (χ4n) is 1.49. The summed E-state index contributed by atoms with van der Waals surface area (Å²) in [6.07, 6.45) is 3.02. The van der Waals surface area contributed by atoms with Gasteiger partial charge in [0.05, 0.1) is 12.4 Å². The van der Waals surface area contributed by atoms with Crippen molar-refractivity contribution in [3.05, 3.63) is 51.9 Å². The number of rotatable bonds is 3. The molecule has 0 saturated carbocycles. The summed E-state index contributed by atoms with van der Waals surface area (Å²) < 4.78 is 1.05. The van der Waals surface area contributed by atoms with Gasteiger partial charge in [-0.05, 0) is 30.2 Å². The standard InChI is InChI=1S/C13H11BrN4/c1-9-2-3-11(14)4-10(9)6-17-13-8-16-12(5-15)7-18-13/h2-4,7-8H,6H2,1H3,(H,17,18). The van der Waals surface area contributed by atoms with Crippen LogP contribution in [0.3, 0.4) is 0 Å². The molecule has 1 N–H and O–H groups in total. The Labute approximate surface area is 114 Å². The average Bonchev–Trinajstić information content (AvgIpc) is 2.40. The Morgan fingerprint density at radius 1 is 1.33 bits per heavy atom. The Balaban J connectivity index is 2.07. The first-order chi connectivity index (χ1) is 8.69. The highest BCUT2D eigenvalue weighted by molar-refractivity contribution is 9.10. The molecule has 0 atom stereocenters. The summed E-state index contributed by atoms with van der Waals surface area (Å²) in [6.45, 7) is 2.74. The second-order valence-electron chi connectivity index (χ2n) is 3.82. The van der Waals surface area contributed by atoms with Crippen LogP contribution in [-0.4, -0.2) is 9.97 Å². The Bertz CT molecular complexity index is 587. The molecule has 4 nitrogen and oxygen atoms in total. The molecular formula is C13H11BrN4. The zero-order valence-electron chi connectivity index (χ0n) is 9.81. The van der Waals surface area contributed by atoms with Gasteiger partial charge in [0.25, 0.3) is 0 Å². The fourth-order valence-corrected chi connectivity index (χ4v) is 1.90. The van der Waals surface area contributed by atoms with Crippen molar-refractivity contribution >= 4 is 21.7 Å².